The molecule has 0 N–H and O–H groups in total. The summed E-state index contributed by atoms with van der Waals surface area (Å²) in [5, 5.41) is 0. The Morgan fingerprint density at radius 2 is 2.22 bits per heavy atom. The summed E-state index contributed by atoms with van der Waals surface area (Å²) < 4.78 is 26.2. The molecule has 1 rings (SSSR count). The summed E-state index contributed by atoms with van der Waals surface area (Å²) in [4.78, 5) is -1.03. The molecule has 1 atom stereocenters. The summed E-state index contributed by atoms with van der Waals surface area (Å²) in [5.41, 5.74) is 0. The number of hydrogen-bond acceptors (Lipinski definition) is 3. The smallest absolute Gasteiger partial charge is 0.210 e. The van der Waals surface area contributed by atoms with Crippen molar-refractivity contribution in [3.05, 3.63) is 12.7 Å². The lowest BCUT2D eigenvalue weighted by molar-refractivity contribution is 0.406. The van der Waals surface area contributed by atoms with E-state index in [1.165, 1.54) is 6.08 Å². The lowest BCUT2D eigenvalue weighted by Crippen LogP contribution is -2.19. The highest BCUT2D eigenvalue weighted by molar-refractivity contribution is 7.92. The molecule has 1 saturated heterocycles. The van der Waals surface area contributed by atoms with Gasteiger partial charge >= 0.3 is 0 Å². The number of rotatable bonds is 2. The van der Waals surface area contributed by atoms with Crippen molar-refractivity contribution in [2.75, 3.05) is 12.9 Å². The summed E-state index contributed by atoms with van der Waals surface area (Å²) in [5.74, 6) is 0. The molecule has 0 saturated carbocycles. The first-order chi connectivity index (χ1) is 4.02. The third kappa shape index (κ3) is 0.881. The summed E-state index contributed by atoms with van der Waals surface area (Å²) in [6, 6.07) is 0. The first-order valence-corrected chi connectivity index (χ1v) is 4.38. The van der Waals surface area contributed by atoms with Gasteiger partial charge in [-0.05, 0) is 6.08 Å². The maximum Gasteiger partial charge on any atom is 0.210 e. The van der Waals surface area contributed by atoms with Crippen LogP contribution in [0.25, 0.3) is 0 Å². The third-order valence-corrected chi connectivity index (χ3v) is 3.03. The lowest BCUT2D eigenvalue weighted by atomic mass is 10.5. The molecule has 0 radical (unpaired) electrons. The zero-order chi connectivity index (χ0) is 7.12. The van der Waals surface area contributed by atoms with Gasteiger partial charge in [0.25, 0.3) is 0 Å². The van der Waals surface area contributed by atoms with Crippen molar-refractivity contribution in [1.29, 1.82) is 0 Å². The zero-order valence-electron chi connectivity index (χ0n) is 5.12. The standard InChI is InChI=1S/C5H8O3S/c1-3-5(4-8-5)9(2,6)7/h3H,1,4H2,2H3/t5-/m1/s1. The topological polar surface area (TPSA) is 46.7 Å². The quantitative estimate of drug-likeness (QED) is 0.407. The van der Waals surface area contributed by atoms with Gasteiger partial charge in [0.15, 0.2) is 9.84 Å². The molecule has 0 aromatic heterocycles. The molecule has 0 amide bonds. The summed E-state index contributed by atoms with van der Waals surface area (Å²) in [6.07, 6.45) is 2.46. The number of sulfone groups is 1. The number of hydrogen-bond donors (Lipinski definition) is 0. The van der Waals surface area contributed by atoms with E-state index in [2.05, 4.69) is 6.58 Å². The van der Waals surface area contributed by atoms with Crippen LogP contribution in [0.5, 0.6) is 0 Å². The molecule has 0 unspecified atom stereocenters. The van der Waals surface area contributed by atoms with E-state index in [0.717, 1.165) is 6.26 Å². The lowest BCUT2D eigenvalue weighted by Gasteiger charge is -1.99. The van der Waals surface area contributed by atoms with Gasteiger partial charge < -0.3 is 4.74 Å². The Morgan fingerprint density at radius 1 is 1.78 bits per heavy atom. The van der Waals surface area contributed by atoms with Crippen LogP contribution in [0.1, 0.15) is 0 Å². The van der Waals surface area contributed by atoms with Gasteiger partial charge in [-0.3, -0.25) is 0 Å². The normalized spacial score (nSPS) is 33.9. The highest BCUT2D eigenvalue weighted by Gasteiger charge is 2.51. The van der Waals surface area contributed by atoms with Crippen molar-refractivity contribution in [1.82, 2.24) is 0 Å². The van der Waals surface area contributed by atoms with Gasteiger partial charge in [-0.2, -0.15) is 0 Å². The summed E-state index contributed by atoms with van der Waals surface area (Å²) in [7, 11) is -3.08. The van der Waals surface area contributed by atoms with E-state index in [0.29, 0.717) is 0 Å². The average molecular weight is 148 g/mol. The van der Waals surface area contributed by atoms with Crippen molar-refractivity contribution in [3.8, 4) is 0 Å². The zero-order valence-corrected chi connectivity index (χ0v) is 5.94. The summed E-state index contributed by atoms with van der Waals surface area (Å²) >= 11 is 0. The maximum atomic E-state index is 10.8. The van der Waals surface area contributed by atoms with Crippen LogP contribution >= 0.6 is 0 Å². The molecule has 0 bridgehead atoms. The largest absolute Gasteiger partial charge is 0.349 e. The Morgan fingerprint density at radius 3 is 2.22 bits per heavy atom. The van der Waals surface area contributed by atoms with Gasteiger partial charge in [0.1, 0.15) is 0 Å². The van der Waals surface area contributed by atoms with Gasteiger partial charge in [-0.15, -0.1) is 0 Å². The van der Waals surface area contributed by atoms with Crippen molar-refractivity contribution in [3.63, 3.8) is 0 Å². The molecular weight excluding hydrogens is 140 g/mol. The molecule has 9 heavy (non-hydrogen) atoms. The molecule has 0 aromatic rings. The van der Waals surface area contributed by atoms with Gasteiger partial charge in [0.05, 0.1) is 6.61 Å². The maximum absolute atomic E-state index is 10.8. The Hall–Kier alpha value is -0.350. The van der Waals surface area contributed by atoms with Gasteiger partial charge in [0.2, 0.25) is 4.93 Å². The van der Waals surface area contributed by atoms with Crippen molar-refractivity contribution < 1.29 is 13.2 Å². The first kappa shape index (κ1) is 6.77. The highest BCUT2D eigenvalue weighted by Crippen LogP contribution is 2.33. The molecule has 3 nitrogen and oxygen atoms in total. The molecule has 52 valence electrons. The SMILES string of the molecule is C=C[C@@]1(S(C)(=O)=O)CO1. The van der Waals surface area contributed by atoms with Gasteiger partial charge in [-0.1, -0.05) is 6.58 Å². The van der Waals surface area contributed by atoms with Crippen LogP contribution in [0.2, 0.25) is 0 Å². The predicted molar refractivity (Wildman–Crippen MR) is 33.7 cm³/mol. The monoisotopic (exact) mass is 148 g/mol. The minimum absolute atomic E-state index is 0.259. The van der Waals surface area contributed by atoms with Crippen molar-refractivity contribution in [2.24, 2.45) is 0 Å². The minimum atomic E-state index is -3.08. The van der Waals surface area contributed by atoms with E-state index in [-0.39, 0.29) is 6.61 Å². The Kier molecular flexibility index (Phi) is 1.18. The molecule has 0 aliphatic carbocycles. The van der Waals surface area contributed by atoms with E-state index in [9.17, 15) is 8.42 Å². The third-order valence-electron chi connectivity index (χ3n) is 1.37. The molecule has 0 spiro atoms. The van der Waals surface area contributed by atoms with E-state index < -0.39 is 14.8 Å². The molecule has 1 fully saturated rings. The second-order valence-electron chi connectivity index (χ2n) is 2.08. The van der Waals surface area contributed by atoms with Crippen LogP contribution in [-0.2, 0) is 14.6 Å². The van der Waals surface area contributed by atoms with E-state index >= 15 is 0 Å². The highest BCUT2D eigenvalue weighted by atomic mass is 32.2. The van der Waals surface area contributed by atoms with E-state index in [1.54, 1.807) is 0 Å². The second-order valence-corrected chi connectivity index (χ2v) is 4.31. The Balaban J connectivity index is 2.97. The fourth-order valence-corrected chi connectivity index (χ4v) is 1.34. The van der Waals surface area contributed by atoms with Crippen LogP contribution in [0.3, 0.4) is 0 Å². The molecule has 1 aliphatic heterocycles. The van der Waals surface area contributed by atoms with Crippen molar-refractivity contribution in [2.45, 2.75) is 4.93 Å². The predicted octanol–water partition coefficient (Wildman–Crippen LogP) is -0.0565. The molecule has 0 aromatic carbocycles. The fraction of sp³-hybridized carbons (Fsp3) is 0.600. The van der Waals surface area contributed by atoms with Crippen LogP contribution < -0.4 is 0 Å². The second kappa shape index (κ2) is 1.58. The van der Waals surface area contributed by atoms with Crippen molar-refractivity contribution >= 4 is 9.84 Å². The van der Waals surface area contributed by atoms with Crippen LogP contribution in [0.15, 0.2) is 12.7 Å². The van der Waals surface area contributed by atoms with Gasteiger partial charge in [0, 0.05) is 6.26 Å². The average Bonchev–Trinajstić information content (AvgIpc) is 2.40. The van der Waals surface area contributed by atoms with Crippen LogP contribution in [-0.4, -0.2) is 26.2 Å². The molecule has 1 heterocycles. The van der Waals surface area contributed by atoms with Gasteiger partial charge in [-0.25, -0.2) is 8.42 Å². The molecule has 1 aliphatic rings. The van der Waals surface area contributed by atoms with E-state index in [1.807, 2.05) is 0 Å². The number of ether oxygens (including phenoxy) is 1. The van der Waals surface area contributed by atoms with Crippen LogP contribution in [0, 0.1) is 0 Å². The minimum Gasteiger partial charge on any atom is -0.349 e. The Bertz CT molecular complexity index is 223. The molecule has 4 heteroatoms. The fourth-order valence-electron chi connectivity index (χ4n) is 0.554. The number of epoxide rings is 1. The Labute approximate surface area is 54.2 Å². The van der Waals surface area contributed by atoms with E-state index in [4.69, 9.17) is 4.74 Å². The first-order valence-electron chi connectivity index (χ1n) is 2.49. The summed E-state index contributed by atoms with van der Waals surface area (Å²) in [6.45, 7) is 3.62. The van der Waals surface area contributed by atoms with Crippen LogP contribution in [0.4, 0.5) is 0 Å². The molecular formula is C5H8O3S.